The molecule has 0 aromatic carbocycles. The Morgan fingerprint density at radius 3 is 2.89 bits per heavy atom. The monoisotopic (exact) mass is 346 g/mol. The molecule has 0 saturated heterocycles. The summed E-state index contributed by atoms with van der Waals surface area (Å²) in [6.07, 6.45) is 4.66. The zero-order valence-electron chi connectivity index (χ0n) is 9.63. The van der Waals surface area contributed by atoms with Gasteiger partial charge in [0, 0.05) is 33.8 Å². The number of halogens is 1. The first kappa shape index (κ1) is 13.8. The van der Waals surface area contributed by atoms with Gasteiger partial charge in [0.15, 0.2) is 0 Å². The van der Waals surface area contributed by atoms with Gasteiger partial charge in [-0.1, -0.05) is 0 Å². The number of rotatable bonds is 4. The zero-order chi connectivity index (χ0) is 13.2. The van der Waals surface area contributed by atoms with Crippen LogP contribution in [0.3, 0.4) is 0 Å². The Balaban J connectivity index is 2.23. The molecule has 0 unspecified atom stereocenters. The highest BCUT2D eigenvalue weighted by Gasteiger charge is 2.07. The molecule has 0 aliphatic carbocycles. The van der Waals surface area contributed by atoms with E-state index in [9.17, 15) is 8.42 Å². The molecule has 4 nitrogen and oxygen atoms in total. The van der Waals surface area contributed by atoms with Gasteiger partial charge in [0.1, 0.15) is 15.4 Å². The van der Waals surface area contributed by atoms with Gasteiger partial charge in [-0.3, -0.25) is 9.97 Å². The number of pyridine rings is 2. The Morgan fingerprint density at radius 1 is 1.39 bits per heavy atom. The first-order valence-electron chi connectivity index (χ1n) is 5.16. The van der Waals surface area contributed by atoms with Crippen LogP contribution in [0.4, 0.5) is 0 Å². The van der Waals surface area contributed by atoms with Gasteiger partial charge in [0.25, 0.3) is 0 Å². The Morgan fingerprint density at radius 2 is 2.17 bits per heavy atom. The van der Waals surface area contributed by atoms with Crippen molar-refractivity contribution in [3.63, 3.8) is 0 Å². The van der Waals surface area contributed by atoms with Crippen molar-refractivity contribution in [1.29, 1.82) is 0 Å². The lowest BCUT2D eigenvalue weighted by atomic mass is 10.3. The summed E-state index contributed by atoms with van der Waals surface area (Å²) in [4.78, 5) is 9.51. The lowest BCUT2D eigenvalue weighted by Gasteiger charge is -2.04. The Bertz CT molecular complexity index is 674. The van der Waals surface area contributed by atoms with Crippen molar-refractivity contribution < 1.29 is 8.42 Å². The molecule has 0 radical (unpaired) electrons. The van der Waals surface area contributed by atoms with Gasteiger partial charge in [-0.25, -0.2) is 8.42 Å². The van der Waals surface area contributed by atoms with Crippen LogP contribution in [0.5, 0.6) is 0 Å². The molecule has 96 valence electrons. The molecule has 0 fully saturated rings. The van der Waals surface area contributed by atoms with Gasteiger partial charge in [0.05, 0.1) is 11.3 Å². The summed E-state index contributed by atoms with van der Waals surface area (Å²) in [7, 11) is -2.92. The summed E-state index contributed by atoms with van der Waals surface area (Å²) >= 11 is 4.83. The summed E-state index contributed by atoms with van der Waals surface area (Å²) < 4.78 is 23.0. The number of sulfone groups is 1. The van der Waals surface area contributed by atoms with Crippen LogP contribution >= 0.6 is 27.7 Å². The van der Waals surface area contributed by atoms with Crippen molar-refractivity contribution in [2.45, 2.75) is 4.90 Å². The summed E-state index contributed by atoms with van der Waals surface area (Å²) in [5.74, 6) is 0.688. The first-order chi connectivity index (χ1) is 8.46. The molecule has 0 amide bonds. The van der Waals surface area contributed by atoms with E-state index >= 15 is 0 Å². The van der Waals surface area contributed by atoms with Gasteiger partial charge in [-0.05, 0) is 28.1 Å². The molecule has 0 saturated carbocycles. The van der Waals surface area contributed by atoms with E-state index in [1.165, 1.54) is 18.0 Å². The number of hydrogen-bond acceptors (Lipinski definition) is 5. The van der Waals surface area contributed by atoms with Crippen LogP contribution in [0.15, 0.2) is 33.9 Å². The van der Waals surface area contributed by atoms with Gasteiger partial charge in [-0.2, -0.15) is 0 Å². The maximum Gasteiger partial charge on any atom is 0.148 e. The highest BCUT2D eigenvalue weighted by atomic mass is 79.9. The highest BCUT2D eigenvalue weighted by molar-refractivity contribution is 9.10. The Kier molecular flexibility index (Phi) is 4.24. The quantitative estimate of drug-likeness (QED) is 0.796. The summed E-state index contributed by atoms with van der Waals surface area (Å²) in [6.45, 7) is 0. The topological polar surface area (TPSA) is 59.9 Å². The predicted molar refractivity (Wildman–Crippen MR) is 77.7 cm³/mol. The maximum atomic E-state index is 11.1. The Hall–Kier alpha value is -0.660. The van der Waals surface area contributed by atoms with E-state index in [0.29, 0.717) is 5.75 Å². The fraction of sp³-hybridized carbons (Fsp3) is 0.273. The first-order valence-corrected chi connectivity index (χ1v) is 9.00. The minimum atomic E-state index is -2.92. The molecule has 0 N–H and O–H groups in total. The number of fused-ring (bicyclic) bond motifs is 1. The molecular weight excluding hydrogens is 336 g/mol. The summed E-state index contributed by atoms with van der Waals surface area (Å²) in [5.41, 5.74) is 1.60. The van der Waals surface area contributed by atoms with Crippen LogP contribution < -0.4 is 0 Å². The normalized spacial score (nSPS) is 11.9. The lowest BCUT2D eigenvalue weighted by Crippen LogP contribution is -2.05. The van der Waals surface area contributed by atoms with Crippen LogP contribution in [0.2, 0.25) is 0 Å². The van der Waals surface area contributed by atoms with Crippen molar-refractivity contribution in [1.82, 2.24) is 9.97 Å². The molecule has 7 heteroatoms. The minimum absolute atomic E-state index is 0.165. The van der Waals surface area contributed by atoms with Gasteiger partial charge >= 0.3 is 0 Å². The van der Waals surface area contributed by atoms with E-state index in [-0.39, 0.29) is 5.75 Å². The SMILES string of the molecule is CS(=O)(=O)CCSc1ccnc2cc(Br)cnc12. The summed E-state index contributed by atoms with van der Waals surface area (Å²) in [5, 5.41) is 0. The average Bonchev–Trinajstić information content (AvgIpc) is 2.27. The second kappa shape index (κ2) is 5.54. The summed E-state index contributed by atoms with van der Waals surface area (Å²) in [6, 6.07) is 3.75. The second-order valence-electron chi connectivity index (χ2n) is 3.81. The number of aromatic nitrogens is 2. The fourth-order valence-electron chi connectivity index (χ4n) is 1.40. The van der Waals surface area contributed by atoms with Crippen molar-refractivity contribution in [3.05, 3.63) is 29.0 Å². The van der Waals surface area contributed by atoms with E-state index < -0.39 is 9.84 Å². The molecule has 0 bridgehead atoms. The number of nitrogens with zero attached hydrogens (tertiary/aromatic N) is 2. The zero-order valence-corrected chi connectivity index (χ0v) is 12.8. The third-order valence-electron chi connectivity index (χ3n) is 2.22. The standard InChI is InChI=1S/C11H11BrN2O2S2/c1-18(15,16)5-4-17-10-2-3-13-9-6-8(12)7-14-11(9)10/h2-3,6-7H,4-5H2,1H3. The lowest BCUT2D eigenvalue weighted by molar-refractivity contribution is 0.603. The minimum Gasteiger partial charge on any atom is -0.254 e. The Labute approximate surface area is 118 Å². The molecule has 2 aromatic rings. The number of thioether (sulfide) groups is 1. The van der Waals surface area contributed by atoms with Crippen LogP contribution in [-0.2, 0) is 9.84 Å². The maximum absolute atomic E-state index is 11.1. The van der Waals surface area contributed by atoms with Crippen LogP contribution in [0.1, 0.15) is 0 Å². The van der Waals surface area contributed by atoms with E-state index in [1.807, 2.05) is 12.1 Å². The molecule has 0 atom stereocenters. The average molecular weight is 347 g/mol. The van der Waals surface area contributed by atoms with Crippen molar-refractivity contribution in [2.24, 2.45) is 0 Å². The second-order valence-corrected chi connectivity index (χ2v) is 8.12. The molecule has 2 aromatic heterocycles. The van der Waals surface area contributed by atoms with Crippen molar-refractivity contribution in [2.75, 3.05) is 17.8 Å². The third kappa shape index (κ3) is 3.66. The van der Waals surface area contributed by atoms with Gasteiger partial charge in [0.2, 0.25) is 0 Å². The molecule has 0 aliphatic rings. The van der Waals surface area contributed by atoms with Crippen LogP contribution in [-0.4, -0.2) is 36.1 Å². The van der Waals surface area contributed by atoms with E-state index in [0.717, 1.165) is 20.4 Å². The molecule has 0 aliphatic heterocycles. The van der Waals surface area contributed by atoms with Crippen molar-refractivity contribution in [3.8, 4) is 0 Å². The fourth-order valence-corrected chi connectivity index (χ4v) is 3.94. The van der Waals surface area contributed by atoms with E-state index in [1.54, 1.807) is 12.4 Å². The van der Waals surface area contributed by atoms with Gasteiger partial charge < -0.3 is 0 Å². The van der Waals surface area contributed by atoms with E-state index in [2.05, 4.69) is 25.9 Å². The predicted octanol–water partition coefficient (Wildman–Crippen LogP) is 2.53. The highest BCUT2D eigenvalue weighted by Crippen LogP contribution is 2.26. The smallest absolute Gasteiger partial charge is 0.148 e. The van der Waals surface area contributed by atoms with Crippen LogP contribution in [0, 0.1) is 0 Å². The molecule has 2 rings (SSSR count). The molecule has 0 spiro atoms. The number of hydrogen-bond donors (Lipinski definition) is 0. The van der Waals surface area contributed by atoms with Crippen molar-refractivity contribution >= 4 is 48.6 Å². The molecule has 18 heavy (non-hydrogen) atoms. The molecule has 2 heterocycles. The largest absolute Gasteiger partial charge is 0.254 e. The van der Waals surface area contributed by atoms with Gasteiger partial charge in [-0.15, -0.1) is 11.8 Å². The third-order valence-corrected chi connectivity index (χ3v) is 4.91. The van der Waals surface area contributed by atoms with E-state index in [4.69, 9.17) is 0 Å². The van der Waals surface area contributed by atoms with Crippen LogP contribution in [0.25, 0.3) is 11.0 Å². The molecular formula is C11H11BrN2O2S2.